The van der Waals surface area contributed by atoms with E-state index in [1.54, 1.807) is 12.0 Å². The quantitative estimate of drug-likeness (QED) is 0.838. The zero-order valence-corrected chi connectivity index (χ0v) is 15.6. The van der Waals surface area contributed by atoms with Gasteiger partial charge in [-0.1, -0.05) is 31.0 Å². The summed E-state index contributed by atoms with van der Waals surface area (Å²) in [4.78, 5) is 29.8. The number of carbonyl (C=O) groups is 2. The molecule has 1 saturated carbocycles. The van der Waals surface area contributed by atoms with Gasteiger partial charge in [-0.2, -0.15) is 0 Å². The molecule has 0 aromatic heterocycles. The first-order valence-corrected chi connectivity index (χ1v) is 9.44. The van der Waals surface area contributed by atoms with Crippen LogP contribution in [0.25, 0.3) is 0 Å². The average Bonchev–Trinajstić information content (AvgIpc) is 3.16. The molecule has 0 bridgehead atoms. The van der Waals surface area contributed by atoms with Gasteiger partial charge in [-0.25, -0.2) is 0 Å². The number of amides is 2. The highest BCUT2D eigenvalue weighted by Gasteiger charge is 2.48. The molecule has 27 heavy (non-hydrogen) atoms. The van der Waals surface area contributed by atoms with E-state index in [0.29, 0.717) is 12.1 Å². The van der Waals surface area contributed by atoms with E-state index in [4.69, 9.17) is 4.74 Å². The van der Waals surface area contributed by atoms with Gasteiger partial charge in [0.1, 0.15) is 12.3 Å². The molecule has 1 heterocycles. The number of rotatable bonds is 3. The molecule has 140 valence electrons. The molecule has 2 aromatic rings. The molecule has 2 fully saturated rings. The van der Waals surface area contributed by atoms with Gasteiger partial charge in [0.05, 0.1) is 12.6 Å². The van der Waals surface area contributed by atoms with Crippen molar-refractivity contribution in [2.24, 2.45) is 0 Å². The van der Waals surface area contributed by atoms with E-state index in [-0.39, 0.29) is 23.9 Å². The monoisotopic (exact) mass is 364 g/mol. The number of carbonyl (C=O) groups excluding carboxylic acids is 2. The van der Waals surface area contributed by atoms with Crippen molar-refractivity contribution in [2.45, 2.75) is 31.2 Å². The van der Waals surface area contributed by atoms with Gasteiger partial charge in [0.25, 0.3) is 5.91 Å². The van der Waals surface area contributed by atoms with Gasteiger partial charge < -0.3 is 14.5 Å². The summed E-state index contributed by atoms with van der Waals surface area (Å²) in [5, 5.41) is 0. The summed E-state index contributed by atoms with van der Waals surface area (Å²) in [5.41, 5.74) is 1.21. The number of hydrogen-bond acceptors (Lipinski definition) is 3. The molecule has 2 aromatic carbocycles. The minimum absolute atomic E-state index is 0.0161. The van der Waals surface area contributed by atoms with Crippen LogP contribution in [0.5, 0.6) is 5.75 Å². The number of benzene rings is 2. The van der Waals surface area contributed by atoms with Crippen molar-refractivity contribution in [3.63, 3.8) is 0 Å². The van der Waals surface area contributed by atoms with E-state index in [9.17, 15) is 9.59 Å². The van der Waals surface area contributed by atoms with Gasteiger partial charge in [0.15, 0.2) is 0 Å². The van der Waals surface area contributed by atoms with Crippen LogP contribution in [0, 0.1) is 0 Å². The Hall–Kier alpha value is -2.82. The van der Waals surface area contributed by atoms with Crippen molar-refractivity contribution in [2.75, 3.05) is 25.1 Å². The molecular weight excluding hydrogens is 340 g/mol. The number of hydrogen-bond donors (Lipinski definition) is 0. The fourth-order valence-electron chi connectivity index (χ4n) is 4.45. The van der Waals surface area contributed by atoms with Crippen LogP contribution >= 0.6 is 0 Å². The number of methoxy groups -OCH3 is 1. The lowest BCUT2D eigenvalue weighted by molar-refractivity contribution is -0.123. The van der Waals surface area contributed by atoms with E-state index in [1.807, 2.05) is 59.5 Å². The maximum absolute atomic E-state index is 13.2. The predicted octanol–water partition coefficient (Wildman–Crippen LogP) is 3.50. The molecule has 0 radical (unpaired) electrons. The smallest absolute Gasteiger partial charge is 0.254 e. The molecule has 1 aliphatic heterocycles. The van der Waals surface area contributed by atoms with Crippen molar-refractivity contribution >= 4 is 17.5 Å². The second-order valence-corrected chi connectivity index (χ2v) is 7.39. The van der Waals surface area contributed by atoms with Crippen LogP contribution < -0.4 is 9.64 Å². The van der Waals surface area contributed by atoms with Crippen molar-refractivity contribution < 1.29 is 14.3 Å². The van der Waals surface area contributed by atoms with Gasteiger partial charge in [-0.3, -0.25) is 9.59 Å². The highest BCUT2D eigenvalue weighted by atomic mass is 16.5. The Kier molecular flexibility index (Phi) is 4.60. The third kappa shape index (κ3) is 3.18. The Morgan fingerprint density at radius 2 is 1.67 bits per heavy atom. The second-order valence-electron chi connectivity index (χ2n) is 7.39. The predicted molar refractivity (Wildman–Crippen MR) is 104 cm³/mol. The lowest BCUT2D eigenvalue weighted by atomic mass is 9.90. The molecule has 0 unspecified atom stereocenters. The summed E-state index contributed by atoms with van der Waals surface area (Å²) in [5.74, 6) is 0.687. The third-order valence-electron chi connectivity index (χ3n) is 5.71. The Morgan fingerprint density at radius 3 is 2.30 bits per heavy atom. The van der Waals surface area contributed by atoms with Crippen molar-refractivity contribution in [3.05, 3.63) is 60.2 Å². The average molecular weight is 364 g/mol. The Balaban J connectivity index is 1.65. The lowest BCUT2D eigenvalue weighted by Crippen LogP contribution is -2.65. The zero-order chi connectivity index (χ0) is 18.9. The first-order chi connectivity index (χ1) is 13.1. The fourth-order valence-corrected chi connectivity index (χ4v) is 4.45. The van der Waals surface area contributed by atoms with Crippen LogP contribution in [-0.4, -0.2) is 42.5 Å². The molecule has 4 rings (SSSR count). The van der Waals surface area contributed by atoms with Gasteiger partial charge in [-0.15, -0.1) is 0 Å². The molecule has 0 atom stereocenters. The maximum atomic E-state index is 13.2. The Bertz CT molecular complexity index is 826. The van der Waals surface area contributed by atoms with Gasteiger partial charge >= 0.3 is 0 Å². The van der Waals surface area contributed by atoms with Gasteiger partial charge in [0.2, 0.25) is 5.91 Å². The van der Waals surface area contributed by atoms with E-state index < -0.39 is 0 Å². The Labute approximate surface area is 159 Å². The summed E-state index contributed by atoms with van der Waals surface area (Å²) in [6.07, 6.45) is 3.99. The first-order valence-electron chi connectivity index (χ1n) is 9.44. The zero-order valence-electron chi connectivity index (χ0n) is 15.6. The standard InChI is InChI=1S/C22H24N2O3/c1-27-19-11-9-18(10-12-19)24-20(25)15-23(16-22(24)13-5-6-14-22)21(26)17-7-3-2-4-8-17/h2-4,7-12H,5-6,13-16H2,1H3. The summed E-state index contributed by atoms with van der Waals surface area (Å²) in [7, 11) is 1.63. The highest BCUT2D eigenvalue weighted by molar-refractivity contribution is 6.02. The van der Waals surface area contributed by atoms with Crippen LogP contribution in [0.2, 0.25) is 0 Å². The summed E-state index contributed by atoms with van der Waals surface area (Å²) in [6.45, 7) is 0.694. The van der Waals surface area contributed by atoms with Crippen LogP contribution in [0.4, 0.5) is 5.69 Å². The van der Waals surface area contributed by atoms with E-state index in [0.717, 1.165) is 37.1 Å². The molecule has 5 nitrogen and oxygen atoms in total. The summed E-state index contributed by atoms with van der Waals surface area (Å²) in [6, 6.07) is 16.9. The SMILES string of the molecule is COc1ccc(N2C(=O)CN(C(=O)c3ccccc3)CC23CCCC3)cc1. The normalized spacial score (nSPS) is 18.8. The molecule has 1 saturated heterocycles. The minimum Gasteiger partial charge on any atom is -0.497 e. The van der Waals surface area contributed by atoms with Crippen molar-refractivity contribution in [1.82, 2.24) is 4.90 Å². The molecule has 2 aliphatic rings. The van der Waals surface area contributed by atoms with E-state index >= 15 is 0 Å². The summed E-state index contributed by atoms with van der Waals surface area (Å²) < 4.78 is 5.24. The Morgan fingerprint density at radius 1 is 1.00 bits per heavy atom. The third-order valence-corrected chi connectivity index (χ3v) is 5.71. The topological polar surface area (TPSA) is 49.9 Å². The van der Waals surface area contributed by atoms with Crippen LogP contribution in [0.1, 0.15) is 36.0 Å². The highest BCUT2D eigenvalue weighted by Crippen LogP contribution is 2.41. The van der Waals surface area contributed by atoms with Crippen LogP contribution in [-0.2, 0) is 4.79 Å². The molecule has 5 heteroatoms. The molecule has 0 N–H and O–H groups in total. The van der Waals surface area contributed by atoms with Crippen molar-refractivity contribution in [3.8, 4) is 5.75 Å². The number of ether oxygens (including phenoxy) is 1. The van der Waals surface area contributed by atoms with Crippen LogP contribution in [0.15, 0.2) is 54.6 Å². The lowest BCUT2D eigenvalue weighted by Gasteiger charge is -2.48. The van der Waals surface area contributed by atoms with Gasteiger partial charge in [0, 0.05) is 17.8 Å². The summed E-state index contributed by atoms with van der Waals surface area (Å²) >= 11 is 0. The van der Waals surface area contributed by atoms with Crippen LogP contribution in [0.3, 0.4) is 0 Å². The van der Waals surface area contributed by atoms with Crippen molar-refractivity contribution in [1.29, 1.82) is 0 Å². The second kappa shape index (κ2) is 7.06. The maximum Gasteiger partial charge on any atom is 0.254 e. The number of nitrogens with zero attached hydrogens (tertiary/aromatic N) is 2. The van der Waals surface area contributed by atoms with Gasteiger partial charge in [-0.05, 0) is 49.2 Å². The first kappa shape index (κ1) is 17.6. The molecule has 1 aliphatic carbocycles. The molecular formula is C22H24N2O3. The number of anilines is 1. The minimum atomic E-state index is -0.311. The number of piperazine rings is 1. The largest absolute Gasteiger partial charge is 0.497 e. The molecule has 1 spiro atoms. The van der Waals surface area contributed by atoms with E-state index in [1.165, 1.54) is 0 Å². The molecule has 2 amide bonds. The van der Waals surface area contributed by atoms with E-state index in [2.05, 4.69) is 0 Å². The fraction of sp³-hybridized carbons (Fsp3) is 0.364.